The molecule has 0 atom stereocenters. The van der Waals surface area contributed by atoms with E-state index in [1.807, 2.05) is 13.8 Å². The average molecular weight is 291 g/mol. The lowest BCUT2D eigenvalue weighted by Gasteiger charge is -2.10. The molecule has 2 rings (SSSR count). The molecule has 0 unspecified atom stereocenters. The van der Waals surface area contributed by atoms with Crippen LogP contribution >= 0.6 is 0 Å². The Morgan fingerprint density at radius 2 is 2.14 bits per heavy atom. The maximum Gasteiger partial charge on any atom is 0.293 e. The molecule has 0 saturated carbocycles. The number of anilines is 1. The summed E-state index contributed by atoms with van der Waals surface area (Å²) in [5.41, 5.74) is 0.251. The van der Waals surface area contributed by atoms with Crippen LogP contribution in [0.25, 0.3) is 10.9 Å². The minimum Gasteiger partial charge on any atom is -0.378 e. The molecule has 1 aromatic heterocycles. The Morgan fingerprint density at radius 3 is 2.81 bits per heavy atom. The van der Waals surface area contributed by atoms with Crippen molar-refractivity contribution in [2.75, 3.05) is 18.4 Å². The molecule has 0 fully saturated rings. The second kappa shape index (κ2) is 6.31. The van der Waals surface area contributed by atoms with Crippen LogP contribution in [0.15, 0.2) is 23.3 Å². The highest BCUT2D eigenvalue weighted by Crippen LogP contribution is 2.27. The van der Waals surface area contributed by atoms with Crippen LogP contribution in [0.4, 0.5) is 11.4 Å². The predicted octanol–water partition coefficient (Wildman–Crippen LogP) is 1.24. The second-order valence-corrected chi connectivity index (χ2v) is 4.91. The molecule has 8 heteroatoms. The van der Waals surface area contributed by atoms with E-state index in [1.54, 1.807) is 0 Å². The first-order valence-corrected chi connectivity index (χ1v) is 6.62. The minimum atomic E-state index is -0.510. The van der Waals surface area contributed by atoms with Gasteiger partial charge in [-0.1, -0.05) is 13.8 Å². The monoisotopic (exact) mass is 291 g/mol. The number of fused-ring (bicyclic) bond motifs is 1. The van der Waals surface area contributed by atoms with Crippen molar-refractivity contribution in [2.24, 2.45) is 0 Å². The molecule has 0 aliphatic rings. The quantitative estimate of drug-likeness (QED) is 0.419. The molecule has 0 bridgehead atoms. The van der Waals surface area contributed by atoms with Crippen LogP contribution < -0.4 is 16.2 Å². The minimum absolute atomic E-state index is 0.134. The van der Waals surface area contributed by atoms with E-state index < -0.39 is 10.5 Å². The number of benzene rings is 1. The van der Waals surface area contributed by atoms with Crippen molar-refractivity contribution in [2.45, 2.75) is 19.9 Å². The third kappa shape index (κ3) is 3.54. The van der Waals surface area contributed by atoms with Crippen LogP contribution in [0.1, 0.15) is 13.8 Å². The molecule has 112 valence electrons. The third-order valence-electron chi connectivity index (χ3n) is 2.95. The van der Waals surface area contributed by atoms with Crippen molar-refractivity contribution >= 4 is 22.3 Å². The summed E-state index contributed by atoms with van der Waals surface area (Å²) < 4.78 is 0. The van der Waals surface area contributed by atoms with Gasteiger partial charge in [0.15, 0.2) is 0 Å². The van der Waals surface area contributed by atoms with E-state index >= 15 is 0 Å². The largest absolute Gasteiger partial charge is 0.378 e. The molecule has 2 aromatic rings. The number of hydrogen-bond acceptors (Lipinski definition) is 6. The highest BCUT2D eigenvalue weighted by atomic mass is 16.6. The molecular formula is C13H17N5O3. The Hall–Kier alpha value is -2.48. The van der Waals surface area contributed by atoms with E-state index in [4.69, 9.17) is 0 Å². The first-order valence-electron chi connectivity index (χ1n) is 6.62. The van der Waals surface area contributed by atoms with Gasteiger partial charge >= 0.3 is 0 Å². The van der Waals surface area contributed by atoms with Crippen LogP contribution in [-0.4, -0.2) is 34.0 Å². The van der Waals surface area contributed by atoms with Gasteiger partial charge < -0.3 is 15.6 Å². The Balaban J connectivity index is 2.31. The standard InChI is InChI=1S/C13H17N5O3/c1-8(2)14-3-4-15-11-6-10-9(5-12(11)18(20)21)13(19)17-7-16-10/h5-8,14-15H,3-4H2,1-2H3,(H,16,17,19). The SMILES string of the molecule is CC(C)NCCNc1cc2nc[nH]c(=O)c2cc1[N+](=O)[O-]. The summed E-state index contributed by atoms with van der Waals surface area (Å²) in [5.74, 6) is 0. The van der Waals surface area contributed by atoms with Gasteiger partial charge in [-0.2, -0.15) is 0 Å². The van der Waals surface area contributed by atoms with E-state index in [9.17, 15) is 14.9 Å². The number of nitro groups is 1. The first kappa shape index (κ1) is 14.9. The lowest BCUT2D eigenvalue weighted by Crippen LogP contribution is -2.28. The molecule has 0 saturated heterocycles. The number of rotatable bonds is 6. The van der Waals surface area contributed by atoms with Crippen LogP contribution in [0, 0.1) is 10.1 Å². The smallest absolute Gasteiger partial charge is 0.293 e. The molecule has 1 aromatic carbocycles. The average Bonchev–Trinajstić information content (AvgIpc) is 2.43. The summed E-state index contributed by atoms with van der Waals surface area (Å²) in [6.45, 7) is 5.26. The summed E-state index contributed by atoms with van der Waals surface area (Å²) in [6, 6.07) is 3.12. The topological polar surface area (TPSA) is 113 Å². The molecule has 0 amide bonds. The summed E-state index contributed by atoms with van der Waals surface area (Å²) in [5, 5.41) is 17.6. The lowest BCUT2D eigenvalue weighted by atomic mass is 10.2. The highest BCUT2D eigenvalue weighted by Gasteiger charge is 2.16. The molecule has 0 radical (unpaired) electrons. The number of nitrogens with zero attached hydrogens (tertiary/aromatic N) is 2. The van der Waals surface area contributed by atoms with Gasteiger partial charge in [-0.3, -0.25) is 14.9 Å². The fourth-order valence-corrected chi connectivity index (χ4v) is 1.95. The zero-order valence-corrected chi connectivity index (χ0v) is 11.8. The van der Waals surface area contributed by atoms with Crippen LogP contribution in [0.5, 0.6) is 0 Å². The van der Waals surface area contributed by atoms with Crippen LogP contribution in [0.3, 0.4) is 0 Å². The van der Waals surface area contributed by atoms with Gasteiger partial charge in [-0.15, -0.1) is 0 Å². The van der Waals surface area contributed by atoms with E-state index in [0.29, 0.717) is 30.3 Å². The third-order valence-corrected chi connectivity index (χ3v) is 2.95. The molecule has 0 aliphatic carbocycles. The van der Waals surface area contributed by atoms with Gasteiger partial charge in [0.25, 0.3) is 11.2 Å². The van der Waals surface area contributed by atoms with Gasteiger partial charge in [0.1, 0.15) is 5.69 Å². The summed E-state index contributed by atoms with van der Waals surface area (Å²) in [7, 11) is 0. The Labute approximate surface area is 120 Å². The van der Waals surface area contributed by atoms with Crippen molar-refractivity contribution < 1.29 is 4.92 Å². The molecule has 8 nitrogen and oxygen atoms in total. The fourth-order valence-electron chi connectivity index (χ4n) is 1.95. The molecule has 0 aliphatic heterocycles. The Bertz CT molecular complexity index is 711. The van der Waals surface area contributed by atoms with Crippen molar-refractivity contribution in [1.82, 2.24) is 15.3 Å². The zero-order chi connectivity index (χ0) is 15.4. The predicted molar refractivity (Wildman–Crippen MR) is 80.6 cm³/mol. The van der Waals surface area contributed by atoms with Gasteiger partial charge in [0.05, 0.1) is 22.2 Å². The number of nitro benzene ring substituents is 1. The van der Waals surface area contributed by atoms with E-state index in [0.717, 1.165) is 0 Å². The fraction of sp³-hybridized carbons (Fsp3) is 0.385. The highest BCUT2D eigenvalue weighted by molar-refractivity contribution is 5.86. The Kier molecular flexibility index (Phi) is 4.49. The summed E-state index contributed by atoms with van der Waals surface area (Å²) in [4.78, 5) is 28.7. The molecule has 21 heavy (non-hydrogen) atoms. The first-order chi connectivity index (χ1) is 9.99. The maximum atomic E-state index is 11.7. The van der Waals surface area contributed by atoms with Crippen molar-refractivity contribution in [3.63, 3.8) is 0 Å². The molecular weight excluding hydrogens is 274 g/mol. The van der Waals surface area contributed by atoms with Gasteiger partial charge in [0.2, 0.25) is 0 Å². The van der Waals surface area contributed by atoms with E-state index in [1.165, 1.54) is 18.5 Å². The molecule has 1 heterocycles. The number of H-pyrrole nitrogens is 1. The lowest BCUT2D eigenvalue weighted by molar-refractivity contribution is -0.383. The van der Waals surface area contributed by atoms with Crippen molar-refractivity contribution in [3.05, 3.63) is 38.9 Å². The summed E-state index contributed by atoms with van der Waals surface area (Å²) in [6.07, 6.45) is 1.28. The van der Waals surface area contributed by atoms with Crippen molar-refractivity contribution in [1.29, 1.82) is 0 Å². The number of nitrogens with one attached hydrogen (secondary N) is 3. The Morgan fingerprint density at radius 1 is 1.38 bits per heavy atom. The number of hydrogen-bond donors (Lipinski definition) is 3. The summed E-state index contributed by atoms with van der Waals surface area (Å²) >= 11 is 0. The van der Waals surface area contributed by atoms with Crippen LogP contribution in [-0.2, 0) is 0 Å². The van der Waals surface area contributed by atoms with E-state index in [2.05, 4.69) is 20.6 Å². The van der Waals surface area contributed by atoms with Crippen molar-refractivity contribution in [3.8, 4) is 0 Å². The maximum absolute atomic E-state index is 11.7. The van der Waals surface area contributed by atoms with Gasteiger partial charge in [-0.05, 0) is 6.07 Å². The zero-order valence-electron chi connectivity index (χ0n) is 11.8. The van der Waals surface area contributed by atoms with Crippen LogP contribution in [0.2, 0.25) is 0 Å². The number of aromatic nitrogens is 2. The number of aromatic amines is 1. The second-order valence-electron chi connectivity index (χ2n) is 4.91. The molecule has 3 N–H and O–H groups in total. The van der Waals surface area contributed by atoms with Gasteiger partial charge in [-0.25, -0.2) is 4.98 Å². The van der Waals surface area contributed by atoms with E-state index in [-0.39, 0.29) is 11.1 Å². The van der Waals surface area contributed by atoms with Gasteiger partial charge in [0, 0.05) is 25.2 Å². The molecule has 0 spiro atoms. The normalized spacial score (nSPS) is 11.0.